The Labute approximate surface area is 83.6 Å². The number of hydrogen-bond donors (Lipinski definition) is 1. The summed E-state index contributed by atoms with van der Waals surface area (Å²) in [6.45, 7) is 0. The summed E-state index contributed by atoms with van der Waals surface area (Å²) in [5.74, 6) is -3.96. The lowest BCUT2D eigenvalue weighted by molar-refractivity contribution is -0.131. The molecule has 1 N–H and O–H groups in total. The molecule has 0 bridgehead atoms. The quantitative estimate of drug-likeness (QED) is 0.613. The molecule has 0 aromatic heterocycles. The van der Waals surface area contributed by atoms with Crippen molar-refractivity contribution in [1.29, 1.82) is 0 Å². The fraction of sp³-hybridized carbons (Fsp3) is 0. The third-order valence-electron chi connectivity index (χ3n) is 1.57. The zero-order valence-corrected chi connectivity index (χ0v) is 7.41. The van der Waals surface area contributed by atoms with Crippen LogP contribution in [0.3, 0.4) is 0 Å². The molecule has 0 radical (unpaired) electrons. The molecule has 1 aromatic carbocycles. The maximum absolute atomic E-state index is 13.0. The summed E-state index contributed by atoms with van der Waals surface area (Å²) in [6.07, 6.45) is 1.30. The molecular formula is C10H6F2O3. The highest BCUT2D eigenvalue weighted by Crippen LogP contribution is 2.10. The van der Waals surface area contributed by atoms with Crippen LogP contribution < -0.4 is 0 Å². The Morgan fingerprint density at radius 3 is 2.40 bits per heavy atom. The molecule has 78 valence electrons. The second kappa shape index (κ2) is 4.45. The lowest BCUT2D eigenvalue weighted by atomic mass is 10.1. The summed E-state index contributed by atoms with van der Waals surface area (Å²) < 4.78 is 25.4. The number of carbonyl (C=O) groups excluding carboxylic acids is 1. The molecule has 0 aliphatic carbocycles. The van der Waals surface area contributed by atoms with Crippen LogP contribution in [0.2, 0.25) is 0 Å². The first kappa shape index (κ1) is 11.0. The molecule has 0 saturated carbocycles. The van der Waals surface area contributed by atoms with Crippen molar-refractivity contribution in [3.05, 3.63) is 47.5 Å². The summed E-state index contributed by atoms with van der Waals surface area (Å²) >= 11 is 0. The number of carbonyl (C=O) groups is 2. The van der Waals surface area contributed by atoms with Crippen LogP contribution in [0.25, 0.3) is 0 Å². The molecule has 0 fully saturated rings. The van der Waals surface area contributed by atoms with Crippen molar-refractivity contribution >= 4 is 11.8 Å². The van der Waals surface area contributed by atoms with Gasteiger partial charge < -0.3 is 5.11 Å². The molecule has 3 nitrogen and oxygen atoms in total. The van der Waals surface area contributed by atoms with E-state index in [-0.39, 0.29) is 5.56 Å². The smallest absolute Gasteiger partial charge is 0.328 e. The first-order valence-corrected chi connectivity index (χ1v) is 3.91. The average molecular weight is 212 g/mol. The van der Waals surface area contributed by atoms with Crippen LogP contribution in [0.1, 0.15) is 10.4 Å². The van der Waals surface area contributed by atoms with Gasteiger partial charge in [-0.2, -0.15) is 0 Å². The zero-order valence-electron chi connectivity index (χ0n) is 7.41. The molecule has 0 unspecified atom stereocenters. The van der Waals surface area contributed by atoms with Crippen LogP contribution in [-0.4, -0.2) is 16.9 Å². The van der Waals surface area contributed by atoms with E-state index in [0.29, 0.717) is 18.2 Å². The lowest BCUT2D eigenvalue weighted by Gasteiger charge is -1.97. The first-order valence-electron chi connectivity index (χ1n) is 3.91. The number of carboxylic acid groups (broad SMARTS) is 1. The zero-order chi connectivity index (χ0) is 11.4. The lowest BCUT2D eigenvalue weighted by Crippen LogP contribution is -2.00. The van der Waals surface area contributed by atoms with E-state index in [4.69, 9.17) is 5.11 Å². The Hall–Kier alpha value is -2.04. The molecule has 15 heavy (non-hydrogen) atoms. The van der Waals surface area contributed by atoms with E-state index in [1.165, 1.54) is 0 Å². The summed E-state index contributed by atoms with van der Waals surface area (Å²) in [5.41, 5.74) is -0.367. The molecule has 0 aliphatic heterocycles. The van der Waals surface area contributed by atoms with Crippen LogP contribution >= 0.6 is 0 Å². The molecule has 0 saturated heterocycles. The van der Waals surface area contributed by atoms with Crippen molar-refractivity contribution in [3.63, 3.8) is 0 Å². The predicted molar refractivity (Wildman–Crippen MR) is 47.5 cm³/mol. The Bertz CT molecular complexity index is 438. The van der Waals surface area contributed by atoms with E-state index >= 15 is 0 Å². The van der Waals surface area contributed by atoms with Crippen LogP contribution in [0.4, 0.5) is 8.78 Å². The van der Waals surface area contributed by atoms with Crippen LogP contribution in [0.5, 0.6) is 0 Å². The molecule has 0 amide bonds. The van der Waals surface area contributed by atoms with Gasteiger partial charge in [0, 0.05) is 12.1 Å². The second-order valence-electron chi connectivity index (χ2n) is 2.66. The maximum Gasteiger partial charge on any atom is 0.328 e. The van der Waals surface area contributed by atoms with Gasteiger partial charge in [0.25, 0.3) is 0 Å². The van der Waals surface area contributed by atoms with E-state index < -0.39 is 23.4 Å². The van der Waals surface area contributed by atoms with Crippen LogP contribution in [0.15, 0.2) is 30.4 Å². The Balaban J connectivity index is 2.97. The van der Waals surface area contributed by atoms with Gasteiger partial charge in [0.05, 0.1) is 5.56 Å². The molecule has 0 aliphatic rings. The number of allylic oxidation sites excluding steroid dienone is 1. The third-order valence-corrected chi connectivity index (χ3v) is 1.57. The second-order valence-corrected chi connectivity index (χ2v) is 2.66. The number of benzene rings is 1. The third kappa shape index (κ3) is 2.98. The van der Waals surface area contributed by atoms with Gasteiger partial charge >= 0.3 is 5.97 Å². The largest absolute Gasteiger partial charge is 0.478 e. The van der Waals surface area contributed by atoms with Gasteiger partial charge in [-0.1, -0.05) is 0 Å². The number of carboxylic acids is 1. The normalized spacial score (nSPS) is 10.5. The molecule has 0 heterocycles. The van der Waals surface area contributed by atoms with Gasteiger partial charge in [0.2, 0.25) is 0 Å². The molecule has 1 rings (SSSR count). The molecule has 0 atom stereocenters. The summed E-state index contributed by atoms with van der Waals surface area (Å²) in [7, 11) is 0. The Morgan fingerprint density at radius 2 is 1.87 bits per heavy atom. The van der Waals surface area contributed by atoms with Crippen molar-refractivity contribution in [1.82, 2.24) is 0 Å². The van der Waals surface area contributed by atoms with Gasteiger partial charge in [0.15, 0.2) is 5.78 Å². The van der Waals surface area contributed by atoms with Gasteiger partial charge in [-0.05, 0) is 18.2 Å². The highest BCUT2D eigenvalue weighted by molar-refractivity contribution is 6.06. The van der Waals surface area contributed by atoms with Gasteiger partial charge in [-0.3, -0.25) is 4.79 Å². The fourth-order valence-electron chi connectivity index (χ4n) is 0.926. The first-order chi connectivity index (χ1) is 7.00. The Kier molecular flexibility index (Phi) is 3.28. The van der Waals surface area contributed by atoms with Crippen molar-refractivity contribution in [2.75, 3.05) is 0 Å². The predicted octanol–water partition coefficient (Wildman–Crippen LogP) is 1.79. The number of ketones is 1. The van der Waals surface area contributed by atoms with E-state index in [9.17, 15) is 18.4 Å². The van der Waals surface area contributed by atoms with Gasteiger partial charge in [-0.25, -0.2) is 13.6 Å². The monoisotopic (exact) mass is 212 g/mol. The highest BCUT2D eigenvalue weighted by Gasteiger charge is 2.09. The highest BCUT2D eigenvalue weighted by atomic mass is 19.1. The van der Waals surface area contributed by atoms with Crippen molar-refractivity contribution < 1.29 is 23.5 Å². The minimum absolute atomic E-state index is 0.367. The van der Waals surface area contributed by atoms with Gasteiger partial charge in [-0.15, -0.1) is 0 Å². The van der Waals surface area contributed by atoms with Crippen LogP contribution in [-0.2, 0) is 4.79 Å². The standard InChI is InChI=1S/C10H6F2O3/c11-6-1-2-7(8(12)5-6)9(13)3-4-10(14)15/h1-5H,(H,14,15)/b4-3+. The summed E-state index contributed by atoms with van der Waals surface area (Å²) in [5, 5.41) is 8.23. The summed E-state index contributed by atoms with van der Waals surface area (Å²) in [6, 6.07) is 2.44. The van der Waals surface area contributed by atoms with Crippen molar-refractivity contribution in [3.8, 4) is 0 Å². The topological polar surface area (TPSA) is 54.4 Å². The van der Waals surface area contributed by atoms with Crippen LogP contribution in [0, 0.1) is 11.6 Å². The van der Waals surface area contributed by atoms with E-state index in [1.54, 1.807) is 0 Å². The van der Waals surface area contributed by atoms with E-state index in [1.807, 2.05) is 0 Å². The minimum Gasteiger partial charge on any atom is -0.478 e. The average Bonchev–Trinajstić information content (AvgIpc) is 2.14. The maximum atomic E-state index is 13.0. The van der Waals surface area contributed by atoms with Gasteiger partial charge in [0.1, 0.15) is 11.6 Å². The fourth-order valence-corrected chi connectivity index (χ4v) is 0.926. The van der Waals surface area contributed by atoms with E-state index in [2.05, 4.69) is 0 Å². The van der Waals surface area contributed by atoms with E-state index in [0.717, 1.165) is 12.1 Å². The minimum atomic E-state index is -1.31. The molecule has 0 spiro atoms. The van der Waals surface area contributed by atoms with Crippen molar-refractivity contribution in [2.24, 2.45) is 0 Å². The SMILES string of the molecule is O=C(O)/C=C/C(=O)c1ccc(F)cc1F. The number of rotatable bonds is 3. The number of halogens is 2. The summed E-state index contributed by atoms with van der Waals surface area (Å²) in [4.78, 5) is 21.3. The molecule has 1 aromatic rings. The number of aliphatic carboxylic acids is 1. The Morgan fingerprint density at radius 1 is 1.20 bits per heavy atom. The molecule has 5 heteroatoms. The molecular weight excluding hydrogens is 206 g/mol. The van der Waals surface area contributed by atoms with Crippen molar-refractivity contribution in [2.45, 2.75) is 0 Å². The number of hydrogen-bond acceptors (Lipinski definition) is 2.